The summed E-state index contributed by atoms with van der Waals surface area (Å²) in [6, 6.07) is 13.3. The van der Waals surface area contributed by atoms with Gasteiger partial charge in [-0.15, -0.1) is 0 Å². The van der Waals surface area contributed by atoms with E-state index in [1.807, 2.05) is 0 Å². The van der Waals surface area contributed by atoms with Gasteiger partial charge in [0.25, 0.3) is 0 Å². The van der Waals surface area contributed by atoms with Crippen molar-refractivity contribution in [1.82, 2.24) is 0 Å². The first-order valence-electron chi connectivity index (χ1n) is 8.71. The molecule has 8 nitrogen and oxygen atoms in total. The van der Waals surface area contributed by atoms with Gasteiger partial charge in [0.15, 0.2) is 0 Å². The first-order chi connectivity index (χ1) is 13.8. The second-order valence-corrected chi connectivity index (χ2v) is 6.38. The lowest BCUT2D eigenvalue weighted by Crippen LogP contribution is -2.22. The lowest BCUT2D eigenvalue weighted by atomic mass is 10.0. The second kappa shape index (κ2) is 8.30. The Morgan fingerprint density at radius 2 is 1.45 bits per heavy atom. The molecule has 1 aliphatic carbocycles. The predicted octanol–water partition coefficient (Wildman–Crippen LogP) is 2.38. The van der Waals surface area contributed by atoms with E-state index in [9.17, 15) is 9.90 Å². The molecule has 0 radical (unpaired) electrons. The molecule has 3 rings (SSSR count). The zero-order valence-electron chi connectivity index (χ0n) is 15.4. The minimum Gasteiger partial charge on any atom is -0.486 e. The summed E-state index contributed by atoms with van der Waals surface area (Å²) < 4.78 is 11.7. The van der Waals surface area contributed by atoms with Crippen LogP contribution in [0.15, 0.2) is 72.0 Å². The molecule has 2 aromatic carbocycles. The number of rotatable bonds is 7. The zero-order chi connectivity index (χ0) is 21.0. The van der Waals surface area contributed by atoms with Gasteiger partial charge >= 0.3 is 5.97 Å². The molecule has 0 fully saturated rings. The molecule has 1 aliphatic rings. The summed E-state index contributed by atoms with van der Waals surface area (Å²) in [6.07, 6.45) is 2.77. The standard InChI is InChI=1S/C21H20N4O4/c22-19(23)12-1-5-15(6-2-12)28-17-9-14(21(26)27)10-18(11-17)29-16-7-3-13(4-8-16)20(24)25/h1-10,17H,11H2,(H3,22,23)(H3,24,25)(H,26,27). The van der Waals surface area contributed by atoms with E-state index in [1.54, 1.807) is 48.5 Å². The van der Waals surface area contributed by atoms with Gasteiger partial charge < -0.3 is 26.0 Å². The van der Waals surface area contributed by atoms with Crippen LogP contribution in [0.4, 0.5) is 0 Å². The van der Waals surface area contributed by atoms with E-state index < -0.39 is 12.1 Å². The Labute approximate surface area is 167 Å². The van der Waals surface area contributed by atoms with E-state index in [4.69, 9.17) is 31.8 Å². The molecule has 8 heteroatoms. The molecule has 1 unspecified atom stereocenters. The van der Waals surface area contributed by atoms with Crippen molar-refractivity contribution in [2.45, 2.75) is 12.5 Å². The Bertz CT molecular complexity index is 1010. The number of nitrogens with one attached hydrogen (secondary N) is 2. The van der Waals surface area contributed by atoms with E-state index in [-0.39, 0.29) is 17.2 Å². The van der Waals surface area contributed by atoms with Gasteiger partial charge in [0.05, 0.1) is 5.57 Å². The van der Waals surface area contributed by atoms with Crippen molar-refractivity contribution in [3.05, 3.63) is 83.1 Å². The van der Waals surface area contributed by atoms with Crippen molar-refractivity contribution in [1.29, 1.82) is 10.8 Å². The van der Waals surface area contributed by atoms with Crippen LogP contribution in [0.3, 0.4) is 0 Å². The molecule has 7 N–H and O–H groups in total. The fourth-order valence-electron chi connectivity index (χ4n) is 2.76. The van der Waals surface area contributed by atoms with Crippen molar-refractivity contribution < 1.29 is 19.4 Å². The summed E-state index contributed by atoms with van der Waals surface area (Å²) in [5, 5.41) is 24.2. The number of ether oxygens (including phenoxy) is 2. The maximum atomic E-state index is 11.5. The van der Waals surface area contributed by atoms with Crippen LogP contribution in [0.1, 0.15) is 17.5 Å². The van der Waals surface area contributed by atoms with Crippen LogP contribution in [0, 0.1) is 10.8 Å². The summed E-state index contributed by atoms with van der Waals surface area (Å²) in [7, 11) is 0. The Morgan fingerprint density at radius 3 is 1.93 bits per heavy atom. The van der Waals surface area contributed by atoms with Gasteiger partial charge in [-0.1, -0.05) is 0 Å². The summed E-state index contributed by atoms with van der Waals surface area (Å²) in [5.41, 5.74) is 12.1. The molecule has 0 aromatic heterocycles. The normalized spacial score (nSPS) is 15.7. The number of nitrogens with two attached hydrogens (primary N) is 2. The molecule has 1 atom stereocenters. The van der Waals surface area contributed by atoms with Crippen LogP contribution >= 0.6 is 0 Å². The van der Waals surface area contributed by atoms with E-state index >= 15 is 0 Å². The Morgan fingerprint density at radius 1 is 0.931 bits per heavy atom. The lowest BCUT2D eigenvalue weighted by molar-refractivity contribution is -0.132. The largest absolute Gasteiger partial charge is 0.486 e. The second-order valence-electron chi connectivity index (χ2n) is 6.38. The highest BCUT2D eigenvalue weighted by molar-refractivity contribution is 5.95. The maximum Gasteiger partial charge on any atom is 0.335 e. The molecular formula is C21H20N4O4. The third-order valence-electron chi connectivity index (χ3n) is 4.20. The highest BCUT2D eigenvalue weighted by Gasteiger charge is 2.22. The van der Waals surface area contributed by atoms with Gasteiger partial charge in [0.2, 0.25) is 0 Å². The Hall–Kier alpha value is -4.07. The van der Waals surface area contributed by atoms with Crippen LogP contribution < -0.4 is 20.9 Å². The van der Waals surface area contributed by atoms with Gasteiger partial charge in [-0.05, 0) is 60.7 Å². The van der Waals surface area contributed by atoms with Crippen LogP contribution in [0.25, 0.3) is 0 Å². The third-order valence-corrected chi connectivity index (χ3v) is 4.20. The fourth-order valence-corrected chi connectivity index (χ4v) is 2.76. The molecule has 0 heterocycles. The average Bonchev–Trinajstić information content (AvgIpc) is 2.68. The first-order valence-corrected chi connectivity index (χ1v) is 8.71. The number of benzene rings is 2. The van der Waals surface area contributed by atoms with E-state index in [1.165, 1.54) is 12.2 Å². The number of hydrogen-bond donors (Lipinski definition) is 5. The van der Waals surface area contributed by atoms with Gasteiger partial charge in [-0.2, -0.15) is 0 Å². The minimum atomic E-state index is -1.08. The van der Waals surface area contributed by atoms with Gasteiger partial charge in [0.1, 0.15) is 35.0 Å². The summed E-state index contributed by atoms with van der Waals surface area (Å²) in [4.78, 5) is 11.5. The van der Waals surface area contributed by atoms with Crippen molar-refractivity contribution in [3.8, 4) is 11.5 Å². The number of amidine groups is 2. The molecule has 2 aromatic rings. The highest BCUT2D eigenvalue weighted by atomic mass is 16.5. The fraction of sp³-hybridized carbons (Fsp3) is 0.0952. The van der Waals surface area contributed by atoms with Crippen LogP contribution in [0.5, 0.6) is 11.5 Å². The summed E-state index contributed by atoms with van der Waals surface area (Å²) in [6.45, 7) is 0. The van der Waals surface area contributed by atoms with E-state index in [0.29, 0.717) is 34.8 Å². The molecule has 0 saturated carbocycles. The molecule has 29 heavy (non-hydrogen) atoms. The van der Waals surface area contributed by atoms with Crippen molar-refractivity contribution in [3.63, 3.8) is 0 Å². The Kier molecular flexibility index (Phi) is 5.64. The number of carboxylic acid groups (broad SMARTS) is 1. The van der Waals surface area contributed by atoms with E-state index in [2.05, 4.69) is 0 Å². The number of carboxylic acids is 1. The van der Waals surface area contributed by atoms with Crippen LogP contribution in [-0.4, -0.2) is 28.9 Å². The average molecular weight is 392 g/mol. The molecule has 0 amide bonds. The van der Waals surface area contributed by atoms with Gasteiger partial charge in [0, 0.05) is 17.5 Å². The smallest absolute Gasteiger partial charge is 0.335 e. The number of carbonyl (C=O) groups is 1. The lowest BCUT2D eigenvalue weighted by Gasteiger charge is -2.22. The van der Waals surface area contributed by atoms with Crippen molar-refractivity contribution in [2.75, 3.05) is 0 Å². The summed E-state index contributed by atoms with van der Waals surface area (Å²) in [5.74, 6) is 0.278. The van der Waals surface area contributed by atoms with Crippen LogP contribution in [0.2, 0.25) is 0 Å². The first kappa shape index (κ1) is 19.7. The van der Waals surface area contributed by atoms with Crippen molar-refractivity contribution in [2.24, 2.45) is 11.5 Å². The summed E-state index contributed by atoms with van der Waals surface area (Å²) >= 11 is 0. The molecular weight excluding hydrogens is 372 g/mol. The van der Waals surface area contributed by atoms with E-state index in [0.717, 1.165) is 0 Å². The molecule has 0 saturated heterocycles. The van der Waals surface area contributed by atoms with Crippen LogP contribution in [-0.2, 0) is 4.79 Å². The predicted molar refractivity (Wildman–Crippen MR) is 108 cm³/mol. The zero-order valence-corrected chi connectivity index (χ0v) is 15.4. The molecule has 0 bridgehead atoms. The van der Waals surface area contributed by atoms with Gasteiger partial charge in [-0.3, -0.25) is 10.8 Å². The number of hydrogen-bond acceptors (Lipinski definition) is 5. The number of nitrogen functional groups attached to an aromatic ring is 2. The quantitative estimate of drug-likeness (QED) is 0.360. The van der Waals surface area contributed by atoms with Gasteiger partial charge in [-0.25, -0.2) is 4.79 Å². The SMILES string of the molecule is N=C(N)c1ccc(OC2=CC(C(=O)O)=CC(Oc3ccc(C(=N)N)cc3)C2)cc1. The molecule has 0 spiro atoms. The maximum absolute atomic E-state index is 11.5. The van der Waals surface area contributed by atoms with Crippen molar-refractivity contribution >= 4 is 17.6 Å². The molecule has 148 valence electrons. The molecule has 0 aliphatic heterocycles. The highest BCUT2D eigenvalue weighted by Crippen LogP contribution is 2.26. The Balaban J connectivity index is 1.75. The minimum absolute atomic E-state index is 0.0447. The monoisotopic (exact) mass is 392 g/mol. The number of aliphatic carboxylic acids is 1. The topological polar surface area (TPSA) is 156 Å². The third kappa shape index (κ3) is 5.01.